The maximum Gasteiger partial charge on any atom is 0.247 e. The smallest absolute Gasteiger partial charge is 0.247 e. The van der Waals surface area contributed by atoms with E-state index in [2.05, 4.69) is 88.6 Å². The summed E-state index contributed by atoms with van der Waals surface area (Å²) in [6, 6.07) is 16.7. The second-order valence-electron chi connectivity index (χ2n) is 10.6. The van der Waals surface area contributed by atoms with Gasteiger partial charge in [-0.15, -0.1) is 0 Å². The van der Waals surface area contributed by atoms with Gasteiger partial charge in [0, 0.05) is 6.54 Å². The van der Waals surface area contributed by atoms with Crippen molar-refractivity contribution in [1.29, 1.82) is 0 Å². The van der Waals surface area contributed by atoms with Crippen LogP contribution in [0.25, 0.3) is 33.6 Å². The Morgan fingerprint density at radius 2 is 1.54 bits per heavy atom. The molecule has 10 nitrogen and oxygen atoms in total. The fraction of sp³-hybridized carbons (Fsp3) is 0.355. The van der Waals surface area contributed by atoms with Crippen LogP contribution in [-0.4, -0.2) is 63.4 Å². The highest BCUT2D eigenvalue weighted by Crippen LogP contribution is 2.33. The van der Waals surface area contributed by atoms with Crippen LogP contribution in [0.5, 0.6) is 0 Å². The number of hydrogen-bond donors (Lipinski definition) is 3. The molecule has 2 aliphatic rings. The monoisotopic (exact) mass is 553 g/mol. The minimum Gasteiger partial charge on any atom is -0.341 e. The van der Waals surface area contributed by atoms with Gasteiger partial charge in [0.15, 0.2) is 0 Å². The van der Waals surface area contributed by atoms with Crippen LogP contribution in [0.15, 0.2) is 65.9 Å². The molecule has 4 heterocycles. The molecule has 0 spiro atoms. The standard InChI is InChI=1S/C31H35N7O3/c1-20(35-19-41-40-2)31(39)38-16-4-6-28(38)30-34-18-27(37-30)24-13-9-22(10-14-24)21-7-11-23(12-8-21)26-17-33-29(36-26)25-5-3-15-32-25/h7-14,17-20,25,28,32H,3-6,15-16H2,1-2H3,(H,33,36)(H,34,37)/t20-,25-,28-/m0/s1. The van der Waals surface area contributed by atoms with Gasteiger partial charge in [-0.05, 0) is 61.4 Å². The van der Waals surface area contributed by atoms with E-state index in [0.29, 0.717) is 12.6 Å². The van der Waals surface area contributed by atoms with Crippen molar-refractivity contribution in [3.63, 3.8) is 0 Å². The van der Waals surface area contributed by atoms with Gasteiger partial charge in [0.25, 0.3) is 0 Å². The first-order valence-corrected chi connectivity index (χ1v) is 14.2. The molecule has 2 fully saturated rings. The summed E-state index contributed by atoms with van der Waals surface area (Å²) in [4.78, 5) is 44.3. The predicted molar refractivity (Wildman–Crippen MR) is 157 cm³/mol. The Hall–Kier alpha value is -4.28. The van der Waals surface area contributed by atoms with Crippen LogP contribution in [0.3, 0.4) is 0 Å². The molecule has 212 valence electrons. The highest BCUT2D eigenvalue weighted by atomic mass is 17.2. The molecule has 2 aromatic carbocycles. The van der Waals surface area contributed by atoms with Crippen molar-refractivity contribution in [2.45, 2.75) is 50.7 Å². The average molecular weight is 554 g/mol. The molecule has 3 N–H and O–H groups in total. The van der Waals surface area contributed by atoms with Crippen LogP contribution in [0.1, 0.15) is 56.3 Å². The van der Waals surface area contributed by atoms with Crippen LogP contribution in [0.2, 0.25) is 0 Å². The number of aromatic amines is 2. The van der Waals surface area contributed by atoms with E-state index in [4.69, 9.17) is 0 Å². The van der Waals surface area contributed by atoms with Crippen molar-refractivity contribution in [3.05, 3.63) is 72.6 Å². The molecular weight excluding hydrogens is 518 g/mol. The molecule has 2 aromatic heterocycles. The van der Waals surface area contributed by atoms with Crippen LogP contribution in [-0.2, 0) is 14.6 Å². The lowest BCUT2D eigenvalue weighted by Crippen LogP contribution is -2.37. The molecule has 4 aromatic rings. The van der Waals surface area contributed by atoms with E-state index in [9.17, 15) is 4.79 Å². The number of rotatable bonds is 9. The van der Waals surface area contributed by atoms with E-state index in [-0.39, 0.29) is 11.9 Å². The Morgan fingerprint density at radius 3 is 2.15 bits per heavy atom. The van der Waals surface area contributed by atoms with E-state index in [1.165, 1.54) is 13.5 Å². The van der Waals surface area contributed by atoms with Crippen LogP contribution in [0.4, 0.5) is 0 Å². The molecule has 2 aliphatic heterocycles. The number of hydrogen-bond acceptors (Lipinski definition) is 7. The first-order chi connectivity index (χ1) is 20.1. The number of H-pyrrole nitrogens is 2. The Morgan fingerprint density at radius 1 is 0.927 bits per heavy atom. The van der Waals surface area contributed by atoms with Crippen LogP contribution < -0.4 is 5.32 Å². The highest BCUT2D eigenvalue weighted by molar-refractivity contribution is 5.83. The van der Waals surface area contributed by atoms with Crippen molar-refractivity contribution in [1.82, 2.24) is 30.2 Å². The zero-order chi connectivity index (χ0) is 28.2. The van der Waals surface area contributed by atoms with E-state index in [1.807, 2.05) is 17.3 Å². The first-order valence-electron chi connectivity index (χ1n) is 14.2. The van der Waals surface area contributed by atoms with Crippen molar-refractivity contribution >= 4 is 12.3 Å². The van der Waals surface area contributed by atoms with Crippen molar-refractivity contribution in [3.8, 4) is 33.6 Å². The Balaban J connectivity index is 1.12. The van der Waals surface area contributed by atoms with Crippen molar-refractivity contribution in [2.24, 2.45) is 4.99 Å². The summed E-state index contributed by atoms with van der Waals surface area (Å²) in [6.07, 6.45) is 9.01. The molecule has 3 atom stereocenters. The minimum atomic E-state index is -0.562. The van der Waals surface area contributed by atoms with Gasteiger partial charge < -0.3 is 25.1 Å². The predicted octanol–water partition coefficient (Wildman–Crippen LogP) is 5.22. The fourth-order valence-corrected chi connectivity index (χ4v) is 5.69. The number of nitrogens with zero attached hydrogens (tertiary/aromatic N) is 4. The van der Waals surface area contributed by atoms with Gasteiger partial charge >= 0.3 is 0 Å². The molecular formula is C31H35N7O3. The quantitative estimate of drug-likeness (QED) is 0.113. The molecule has 10 heteroatoms. The molecule has 0 aliphatic carbocycles. The number of likely N-dealkylation sites (tertiary alicyclic amines) is 1. The molecule has 0 radical (unpaired) electrons. The van der Waals surface area contributed by atoms with E-state index in [0.717, 1.165) is 77.5 Å². The summed E-state index contributed by atoms with van der Waals surface area (Å²) in [6.45, 7) is 3.48. The SMILES string of the molecule is COOC=N[C@@H](C)C(=O)N1CCC[C@H]1c1ncc(-c2ccc(-c3ccc(-c4cnc([C@@H]5CCCN5)[nH]4)cc3)cc2)[nH]1. The van der Waals surface area contributed by atoms with Crippen molar-refractivity contribution < 1.29 is 14.6 Å². The maximum absolute atomic E-state index is 13.0. The molecule has 2 saturated heterocycles. The molecule has 1 amide bonds. The van der Waals surface area contributed by atoms with Crippen LogP contribution in [0, 0.1) is 0 Å². The number of nitrogens with one attached hydrogen (secondary N) is 3. The molecule has 0 unspecified atom stereocenters. The molecule has 6 rings (SSSR count). The molecule has 0 saturated carbocycles. The van der Waals surface area contributed by atoms with Gasteiger partial charge in [0.2, 0.25) is 12.3 Å². The number of carbonyl (C=O) groups excluding carboxylic acids is 1. The number of amides is 1. The lowest BCUT2D eigenvalue weighted by molar-refractivity contribution is -0.188. The van der Waals surface area contributed by atoms with Crippen LogP contribution >= 0.6 is 0 Å². The number of carbonyl (C=O) groups is 1. The van der Waals surface area contributed by atoms with Gasteiger partial charge in [-0.2, -0.15) is 4.89 Å². The second-order valence-corrected chi connectivity index (χ2v) is 10.6. The average Bonchev–Trinajstić information content (AvgIpc) is 3.83. The summed E-state index contributed by atoms with van der Waals surface area (Å²) in [7, 11) is 1.39. The maximum atomic E-state index is 13.0. The van der Waals surface area contributed by atoms with E-state index >= 15 is 0 Å². The van der Waals surface area contributed by atoms with Crippen molar-refractivity contribution in [2.75, 3.05) is 20.2 Å². The third-order valence-corrected chi connectivity index (χ3v) is 7.94. The lowest BCUT2D eigenvalue weighted by Gasteiger charge is -2.24. The fourth-order valence-electron chi connectivity index (χ4n) is 5.69. The molecule has 0 bridgehead atoms. The number of aromatic nitrogens is 4. The second kappa shape index (κ2) is 12.1. The normalized spacial score (nSPS) is 19.7. The summed E-state index contributed by atoms with van der Waals surface area (Å²) in [5.41, 5.74) is 6.41. The highest BCUT2D eigenvalue weighted by Gasteiger charge is 2.34. The summed E-state index contributed by atoms with van der Waals surface area (Å²) in [5.74, 6) is 1.75. The summed E-state index contributed by atoms with van der Waals surface area (Å²) in [5, 5.41) is 3.49. The Bertz CT molecular complexity index is 1490. The van der Waals surface area contributed by atoms with Gasteiger partial charge in [-0.25, -0.2) is 15.0 Å². The zero-order valence-electron chi connectivity index (χ0n) is 23.3. The van der Waals surface area contributed by atoms with E-state index < -0.39 is 6.04 Å². The summed E-state index contributed by atoms with van der Waals surface area (Å²) >= 11 is 0. The minimum absolute atomic E-state index is 0.0597. The van der Waals surface area contributed by atoms with Gasteiger partial charge in [0.05, 0.1) is 43.0 Å². The third kappa shape index (κ3) is 5.79. The topological polar surface area (TPSA) is 121 Å². The zero-order valence-corrected chi connectivity index (χ0v) is 23.3. The number of imidazole rings is 2. The Kier molecular flexibility index (Phi) is 7.93. The molecule has 41 heavy (non-hydrogen) atoms. The third-order valence-electron chi connectivity index (χ3n) is 7.94. The van der Waals surface area contributed by atoms with Gasteiger partial charge in [-0.3, -0.25) is 4.79 Å². The van der Waals surface area contributed by atoms with E-state index in [1.54, 1.807) is 6.92 Å². The van der Waals surface area contributed by atoms with Gasteiger partial charge in [-0.1, -0.05) is 48.5 Å². The Labute approximate surface area is 239 Å². The van der Waals surface area contributed by atoms with Gasteiger partial charge in [0.1, 0.15) is 17.7 Å². The lowest BCUT2D eigenvalue weighted by atomic mass is 10.0. The number of aliphatic imine (C=N–C) groups is 1. The first kappa shape index (κ1) is 26.9. The number of benzene rings is 2. The largest absolute Gasteiger partial charge is 0.341 e. The summed E-state index contributed by atoms with van der Waals surface area (Å²) < 4.78 is 0.